The highest BCUT2D eigenvalue weighted by Gasteiger charge is 2.18. The summed E-state index contributed by atoms with van der Waals surface area (Å²) in [7, 11) is -3.97. The lowest BCUT2D eigenvalue weighted by Crippen LogP contribution is -2.13. The van der Waals surface area contributed by atoms with Crippen molar-refractivity contribution in [3.63, 3.8) is 0 Å². The quantitative estimate of drug-likeness (QED) is 0.457. The summed E-state index contributed by atoms with van der Waals surface area (Å²) >= 11 is 0. The van der Waals surface area contributed by atoms with Crippen LogP contribution < -0.4 is 10.5 Å². The number of nitrogens with one attached hydrogen (secondary N) is 1. The summed E-state index contributed by atoms with van der Waals surface area (Å²) in [5, 5.41) is 19.0. The number of hydrogen-bond acceptors (Lipinski definition) is 5. The summed E-state index contributed by atoms with van der Waals surface area (Å²) in [5.74, 6) is 0. The zero-order valence-corrected chi connectivity index (χ0v) is 13.1. The van der Waals surface area contributed by atoms with Crippen LogP contribution in [0.15, 0.2) is 53.4 Å². The molecule has 2 aromatic carbocycles. The molecule has 0 aliphatic heterocycles. The first kappa shape index (κ1) is 16.9. The van der Waals surface area contributed by atoms with Crippen molar-refractivity contribution in [3.05, 3.63) is 64.2 Å². The van der Waals surface area contributed by atoms with Gasteiger partial charge in [-0.2, -0.15) is 0 Å². The molecule has 0 unspecified atom stereocenters. The van der Waals surface area contributed by atoms with Crippen LogP contribution in [0, 0.1) is 10.1 Å². The van der Waals surface area contributed by atoms with Gasteiger partial charge in [-0.05, 0) is 30.5 Å². The van der Waals surface area contributed by atoms with Gasteiger partial charge < -0.3 is 5.32 Å². The van der Waals surface area contributed by atoms with Crippen LogP contribution >= 0.6 is 0 Å². The molecule has 0 aliphatic rings. The zero-order chi connectivity index (χ0) is 16.9. The van der Waals surface area contributed by atoms with E-state index < -0.39 is 14.9 Å². The van der Waals surface area contributed by atoms with Gasteiger partial charge in [-0.1, -0.05) is 30.3 Å². The smallest absolute Gasteiger partial charge is 0.293 e. The molecule has 2 aromatic rings. The second-order valence-electron chi connectivity index (χ2n) is 5.00. The third kappa shape index (κ3) is 4.76. The minimum atomic E-state index is -3.97. The van der Waals surface area contributed by atoms with Gasteiger partial charge in [0.15, 0.2) is 0 Å². The third-order valence-corrected chi connectivity index (χ3v) is 4.21. The van der Waals surface area contributed by atoms with Crippen molar-refractivity contribution in [2.75, 3.05) is 11.9 Å². The van der Waals surface area contributed by atoms with Gasteiger partial charge in [0.25, 0.3) is 5.69 Å². The van der Waals surface area contributed by atoms with Crippen molar-refractivity contribution in [3.8, 4) is 0 Å². The Kier molecular flexibility index (Phi) is 5.30. The summed E-state index contributed by atoms with van der Waals surface area (Å²) in [6.45, 7) is 0.532. The maximum atomic E-state index is 11.3. The first-order chi connectivity index (χ1) is 10.9. The maximum Gasteiger partial charge on any atom is 0.293 e. The molecule has 0 saturated heterocycles. The van der Waals surface area contributed by atoms with Gasteiger partial charge in [0.2, 0.25) is 10.0 Å². The summed E-state index contributed by atoms with van der Waals surface area (Å²) in [6.07, 6.45) is 1.63. The number of sulfonamides is 1. The molecule has 23 heavy (non-hydrogen) atoms. The molecule has 0 aliphatic carbocycles. The van der Waals surface area contributed by atoms with Crippen molar-refractivity contribution in [2.45, 2.75) is 17.7 Å². The van der Waals surface area contributed by atoms with Crippen molar-refractivity contribution in [1.82, 2.24) is 0 Å². The lowest BCUT2D eigenvalue weighted by Gasteiger charge is -2.08. The standard InChI is InChI=1S/C15H17N3O4S/c16-23(21,22)13-8-9-14(15(11-13)18(19)20)17-10-4-7-12-5-2-1-3-6-12/h1-3,5-6,8-9,11,17H,4,7,10H2,(H2,16,21,22). The van der Waals surface area contributed by atoms with E-state index in [9.17, 15) is 18.5 Å². The molecule has 0 amide bonds. The molecule has 0 aromatic heterocycles. The summed E-state index contributed by atoms with van der Waals surface area (Å²) in [4.78, 5) is 10.2. The first-order valence-corrected chi connectivity index (χ1v) is 8.51. The van der Waals surface area contributed by atoms with Crippen molar-refractivity contribution in [2.24, 2.45) is 5.14 Å². The number of hydrogen-bond donors (Lipinski definition) is 2. The zero-order valence-electron chi connectivity index (χ0n) is 12.3. The summed E-state index contributed by atoms with van der Waals surface area (Å²) in [5.41, 5.74) is 1.15. The Balaban J connectivity index is 2.03. The fraction of sp³-hybridized carbons (Fsp3) is 0.200. The number of nitrogens with zero attached hydrogens (tertiary/aromatic N) is 1. The van der Waals surface area contributed by atoms with E-state index in [0.717, 1.165) is 18.9 Å². The van der Waals surface area contributed by atoms with E-state index in [2.05, 4.69) is 5.32 Å². The van der Waals surface area contributed by atoms with Crippen LogP contribution in [0.1, 0.15) is 12.0 Å². The highest BCUT2D eigenvalue weighted by atomic mass is 32.2. The molecular weight excluding hydrogens is 318 g/mol. The van der Waals surface area contributed by atoms with Gasteiger partial charge >= 0.3 is 0 Å². The second-order valence-corrected chi connectivity index (χ2v) is 6.56. The molecule has 7 nitrogen and oxygen atoms in total. The average molecular weight is 335 g/mol. The van der Waals surface area contributed by atoms with Crippen molar-refractivity contribution >= 4 is 21.4 Å². The number of anilines is 1. The van der Waals surface area contributed by atoms with Gasteiger partial charge in [-0.25, -0.2) is 13.6 Å². The van der Waals surface area contributed by atoms with Crippen LogP contribution in [-0.4, -0.2) is 19.9 Å². The predicted molar refractivity (Wildman–Crippen MR) is 87.7 cm³/mol. The number of aryl methyl sites for hydroxylation is 1. The summed E-state index contributed by atoms with van der Waals surface area (Å²) < 4.78 is 22.5. The molecule has 3 N–H and O–H groups in total. The Morgan fingerprint density at radius 1 is 1.13 bits per heavy atom. The Morgan fingerprint density at radius 3 is 2.43 bits per heavy atom. The Labute approximate surface area is 134 Å². The van der Waals surface area contributed by atoms with Crippen molar-refractivity contribution in [1.29, 1.82) is 0 Å². The minimum Gasteiger partial charge on any atom is -0.379 e. The Bertz CT molecular complexity index is 792. The molecule has 0 radical (unpaired) electrons. The van der Waals surface area contributed by atoms with E-state index in [1.54, 1.807) is 0 Å². The van der Waals surface area contributed by atoms with Gasteiger partial charge in [-0.15, -0.1) is 0 Å². The molecule has 0 saturated carbocycles. The van der Waals surface area contributed by atoms with Gasteiger partial charge in [0, 0.05) is 12.6 Å². The Hall–Kier alpha value is -2.45. The first-order valence-electron chi connectivity index (χ1n) is 6.97. The molecule has 0 heterocycles. The highest BCUT2D eigenvalue weighted by Crippen LogP contribution is 2.27. The van der Waals surface area contributed by atoms with Crippen LogP contribution in [-0.2, 0) is 16.4 Å². The van der Waals surface area contributed by atoms with E-state index in [0.29, 0.717) is 6.54 Å². The second kappa shape index (κ2) is 7.21. The molecule has 0 spiro atoms. The topological polar surface area (TPSA) is 115 Å². The van der Waals surface area contributed by atoms with Gasteiger partial charge in [-0.3, -0.25) is 10.1 Å². The molecular formula is C15H17N3O4S. The fourth-order valence-electron chi connectivity index (χ4n) is 2.15. The van der Waals surface area contributed by atoms with E-state index in [1.807, 2.05) is 30.3 Å². The molecule has 0 atom stereocenters. The number of nitrogens with two attached hydrogens (primary N) is 1. The van der Waals surface area contributed by atoms with Crippen molar-refractivity contribution < 1.29 is 13.3 Å². The minimum absolute atomic E-state index is 0.274. The van der Waals surface area contributed by atoms with Gasteiger partial charge in [0.05, 0.1) is 9.82 Å². The molecule has 2 rings (SSSR count). The summed E-state index contributed by atoms with van der Waals surface area (Å²) in [6, 6.07) is 13.5. The Morgan fingerprint density at radius 2 is 1.83 bits per heavy atom. The van der Waals surface area contributed by atoms with Crippen LogP contribution in [0.3, 0.4) is 0 Å². The maximum absolute atomic E-state index is 11.3. The van der Waals surface area contributed by atoms with E-state index in [4.69, 9.17) is 5.14 Å². The molecule has 8 heteroatoms. The van der Waals surface area contributed by atoms with Crippen LogP contribution in [0.25, 0.3) is 0 Å². The largest absolute Gasteiger partial charge is 0.379 e. The van der Waals surface area contributed by atoms with Crippen LogP contribution in [0.4, 0.5) is 11.4 Å². The monoisotopic (exact) mass is 335 g/mol. The van der Waals surface area contributed by atoms with Gasteiger partial charge in [0.1, 0.15) is 5.69 Å². The molecule has 0 bridgehead atoms. The number of nitro groups is 1. The number of rotatable bonds is 7. The lowest BCUT2D eigenvalue weighted by atomic mass is 10.1. The fourth-order valence-corrected chi connectivity index (χ4v) is 2.68. The third-order valence-electron chi connectivity index (χ3n) is 3.29. The highest BCUT2D eigenvalue weighted by molar-refractivity contribution is 7.89. The van der Waals surface area contributed by atoms with E-state index in [-0.39, 0.29) is 16.3 Å². The SMILES string of the molecule is NS(=O)(=O)c1ccc(NCCCc2ccccc2)c([N+](=O)[O-])c1. The lowest BCUT2D eigenvalue weighted by molar-refractivity contribution is -0.384. The number of primary sulfonamides is 1. The predicted octanol–water partition coefficient (Wildman–Crippen LogP) is 2.29. The normalized spacial score (nSPS) is 11.2. The molecule has 0 fully saturated rings. The van der Waals surface area contributed by atoms with E-state index >= 15 is 0 Å². The van der Waals surface area contributed by atoms with Crippen LogP contribution in [0.2, 0.25) is 0 Å². The number of benzene rings is 2. The van der Waals surface area contributed by atoms with Crippen LogP contribution in [0.5, 0.6) is 0 Å². The van der Waals surface area contributed by atoms with E-state index in [1.165, 1.54) is 17.7 Å². The molecule has 122 valence electrons. The number of nitro benzene ring substituents is 1. The average Bonchev–Trinajstić information content (AvgIpc) is 2.51.